The summed E-state index contributed by atoms with van der Waals surface area (Å²) in [5.41, 5.74) is -0.556. The average Bonchev–Trinajstić information content (AvgIpc) is 2.59. The number of aromatic nitrogens is 1. The van der Waals surface area contributed by atoms with Gasteiger partial charge in [-0.2, -0.15) is 0 Å². The molecule has 0 spiro atoms. The first-order chi connectivity index (χ1) is 12.0. The van der Waals surface area contributed by atoms with Crippen molar-refractivity contribution in [1.29, 1.82) is 0 Å². The number of piperidine rings is 1. The number of pyridine rings is 1. The fourth-order valence-electron chi connectivity index (χ4n) is 2.85. The quantitative estimate of drug-likeness (QED) is 0.717. The van der Waals surface area contributed by atoms with E-state index in [1.807, 2.05) is 0 Å². The molecule has 1 aliphatic heterocycles. The topological polar surface area (TPSA) is 86.6 Å². The second-order valence-corrected chi connectivity index (χ2v) is 6.57. The highest BCUT2D eigenvalue weighted by atomic mass is 79.9. The van der Waals surface area contributed by atoms with Crippen molar-refractivity contribution in [3.8, 4) is 0 Å². The number of nitrogens with one attached hydrogen (secondary N) is 1. The second kappa shape index (κ2) is 9.15. The lowest BCUT2D eigenvalue weighted by molar-refractivity contribution is 0.0495. The fraction of sp³-hybridized carbons (Fsp3) is 0.588. The Kier molecular flexibility index (Phi) is 7.19. The number of carbonyl (C=O) groups is 2. The Hall–Kier alpha value is -1.67. The molecule has 2 rings (SSSR count). The molecule has 1 N–H and O–H groups in total. The molecule has 1 aliphatic rings. The van der Waals surface area contributed by atoms with E-state index >= 15 is 0 Å². The van der Waals surface area contributed by atoms with Crippen LogP contribution in [0.2, 0.25) is 0 Å². The minimum absolute atomic E-state index is 0.0207. The van der Waals surface area contributed by atoms with Gasteiger partial charge in [-0.15, -0.1) is 0 Å². The van der Waals surface area contributed by atoms with Crippen molar-refractivity contribution in [2.24, 2.45) is 0 Å². The summed E-state index contributed by atoms with van der Waals surface area (Å²) in [5.74, 6) is -1.30. The summed E-state index contributed by atoms with van der Waals surface area (Å²) in [7, 11) is 0. The van der Waals surface area contributed by atoms with E-state index in [1.54, 1.807) is 18.4 Å². The van der Waals surface area contributed by atoms with Gasteiger partial charge in [0.05, 0.1) is 17.7 Å². The van der Waals surface area contributed by atoms with Gasteiger partial charge in [0.15, 0.2) is 0 Å². The van der Waals surface area contributed by atoms with Gasteiger partial charge in [-0.1, -0.05) is 6.42 Å². The van der Waals surface area contributed by atoms with E-state index in [9.17, 15) is 14.4 Å². The third-order valence-corrected chi connectivity index (χ3v) is 4.75. The molecule has 2 heterocycles. The lowest BCUT2D eigenvalue weighted by atomic mass is 10.0. The van der Waals surface area contributed by atoms with Gasteiger partial charge in [0.1, 0.15) is 11.3 Å². The van der Waals surface area contributed by atoms with Crippen LogP contribution in [-0.4, -0.2) is 42.3 Å². The van der Waals surface area contributed by atoms with Gasteiger partial charge < -0.3 is 19.4 Å². The Morgan fingerprint density at radius 1 is 1.24 bits per heavy atom. The summed E-state index contributed by atoms with van der Waals surface area (Å²) >= 11 is 3.17. The Morgan fingerprint density at radius 3 is 2.52 bits per heavy atom. The van der Waals surface area contributed by atoms with Crippen LogP contribution in [0.5, 0.6) is 0 Å². The molecule has 1 aromatic heterocycles. The van der Waals surface area contributed by atoms with Crippen LogP contribution in [0.4, 0.5) is 0 Å². The number of halogens is 1. The van der Waals surface area contributed by atoms with E-state index in [4.69, 9.17) is 9.47 Å². The molecule has 25 heavy (non-hydrogen) atoms. The van der Waals surface area contributed by atoms with Crippen LogP contribution >= 0.6 is 15.9 Å². The third kappa shape index (κ3) is 4.70. The number of hydrogen-bond acceptors (Lipinski definition) is 6. The van der Waals surface area contributed by atoms with Crippen LogP contribution < -0.4 is 10.7 Å². The fourth-order valence-corrected chi connectivity index (χ4v) is 3.46. The van der Waals surface area contributed by atoms with Crippen molar-refractivity contribution >= 4 is 27.9 Å². The van der Waals surface area contributed by atoms with Crippen LogP contribution in [0.1, 0.15) is 54.0 Å². The van der Waals surface area contributed by atoms with Crippen LogP contribution in [0.15, 0.2) is 15.5 Å². The highest BCUT2D eigenvalue weighted by molar-refractivity contribution is 9.10. The third-order valence-electron chi connectivity index (χ3n) is 4.02. The largest absolute Gasteiger partial charge is 0.462 e. The molecule has 0 saturated carbocycles. The minimum Gasteiger partial charge on any atom is -0.462 e. The smallest absolute Gasteiger partial charge is 0.356 e. The number of hydrogen-bond donors (Lipinski definition) is 1. The van der Waals surface area contributed by atoms with Crippen molar-refractivity contribution < 1.29 is 19.1 Å². The maximum absolute atomic E-state index is 12.5. The first-order valence-corrected chi connectivity index (χ1v) is 9.29. The molecule has 0 amide bonds. The molecule has 0 radical (unpaired) electrons. The summed E-state index contributed by atoms with van der Waals surface area (Å²) in [5, 5.41) is 3.39. The standard InChI is InChI=1S/C17H23BrN2O5/c1-3-24-16(22)12-10-20(9-11-7-5-6-8-19-11)14(13(18)15(12)21)17(23)25-4-2/h10-11,19H,3-9H2,1-2H3. The molecule has 1 atom stereocenters. The van der Waals surface area contributed by atoms with Gasteiger partial charge >= 0.3 is 11.9 Å². The van der Waals surface area contributed by atoms with Crippen LogP contribution in [0, 0.1) is 0 Å². The van der Waals surface area contributed by atoms with Crippen molar-refractivity contribution in [3.63, 3.8) is 0 Å². The molecule has 0 aliphatic carbocycles. The minimum atomic E-state index is -0.700. The normalized spacial score (nSPS) is 17.2. The van der Waals surface area contributed by atoms with Crippen LogP contribution in [0.25, 0.3) is 0 Å². The number of nitrogens with zero attached hydrogens (tertiary/aromatic N) is 1. The molecule has 1 aromatic rings. The van der Waals surface area contributed by atoms with E-state index < -0.39 is 17.4 Å². The van der Waals surface area contributed by atoms with Crippen LogP contribution in [-0.2, 0) is 16.0 Å². The van der Waals surface area contributed by atoms with E-state index in [1.165, 1.54) is 6.20 Å². The van der Waals surface area contributed by atoms with Crippen molar-refractivity contribution in [2.75, 3.05) is 19.8 Å². The number of rotatable bonds is 6. The monoisotopic (exact) mass is 414 g/mol. The van der Waals surface area contributed by atoms with Gasteiger partial charge in [0, 0.05) is 18.8 Å². The van der Waals surface area contributed by atoms with Gasteiger partial charge in [0.2, 0.25) is 5.43 Å². The predicted octanol–water partition coefficient (Wildman–Crippen LogP) is 2.11. The Labute approximate surface area is 154 Å². The van der Waals surface area contributed by atoms with E-state index in [-0.39, 0.29) is 35.0 Å². The molecular formula is C17H23BrN2O5. The zero-order valence-electron chi connectivity index (χ0n) is 14.5. The second-order valence-electron chi connectivity index (χ2n) is 5.77. The number of esters is 2. The maximum Gasteiger partial charge on any atom is 0.356 e. The average molecular weight is 415 g/mol. The van der Waals surface area contributed by atoms with Gasteiger partial charge in [-0.05, 0) is 49.2 Å². The summed E-state index contributed by atoms with van der Waals surface area (Å²) in [4.78, 5) is 36.9. The summed E-state index contributed by atoms with van der Waals surface area (Å²) in [6, 6.07) is 0.159. The Bertz CT molecular complexity index is 695. The summed E-state index contributed by atoms with van der Waals surface area (Å²) in [6.45, 7) is 5.10. The molecule has 7 nitrogen and oxygen atoms in total. The number of carbonyl (C=O) groups excluding carboxylic acids is 2. The summed E-state index contributed by atoms with van der Waals surface area (Å²) in [6.07, 6.45) is 4.57. The zero-order chi connectivity index (χ0) is 18.4. The highest BCUT2D eigenvalue weighted by Gasteiger charge is 2.26. The lowest BCUT2D eigenvalue weighted by Gasteiger charge is -2.26. The number of ether oxygens (including phenoxy) is 2. The van der Waals surface area contributed by atoms with Gasteiger partial charge in [-0.25, -0.2) is 9.59 Å². The molecule has 0 bridgehead atoms. The molecule has 1 unspecified atom stereocenters. The molecule has 1 fully saturated rings. The lowest BCUT2D eigenvalue weighted by Crippen LogP contribution is -2.39. The van der Waals surface area contributed by atoms with Crippen LogP contribution in [0.3, 0.4) is 0 Å². The summed E-state index contributed by atoms with van der Waals surface area (Å²) < 4.78 is 11.7. The molecule has 1 saturated heterocycles. The van der Waals surface area contributed by atoms with Gasteiger partial charge in [-0.3, -0.25) is 4.79 Å². The molecular weight excluding hydrogens is 392 g/mol. The Morgan fingerprint density at radius 2 is 1.92 bits per heavy atom. The highest BCUT2D eigenvalue weighted by Crippen LogP contribution is 2.18. The molecule has 0 aromatic carbocycles. The van der Waals surface area contributed by atoms with Crippen molar-refractivity contribution in [1.82, 2.24) is 9.88 Å². The first-order valence-electron chi connectivity index (χ1n) is 8.50. The maximum atomic E-state index is 12.5. The zero-order valence-corrected chi connectivity index (χ0v) is 16.1. The molecule has 8 heteroatoms. The van der Waals surface area contributed by atoms with Crippen molar-refractivity contribution in [2.45, 2.75) is 45.7 Å². The first kappa shape index (κ1) is 19.7. The van der Waals surface area contributed by atoms with E-state index in [2.05, 4.69) is 21.2 Å². The predicted molar refractivity (Wildman–Crippen MR) is 96.0 cm³/mol. The van der Waals surface area contributed by atoms with E-state index in [0.29, 0.717) is 6.54 Å². The van der Waals surface area contributed by atoms with Gasteiger partial charge in [0.25, 0.3) is 0 Å². The van der Waals surface area contributed by atoms with Crippen molar-refractivity contribution in [3.05, 3.63) is 32.2 Å². The SMILES string of the molecule is CCOC(=O)c1cn(CC2CCCCN2)c(C(=O)OCC)c(Br)c1=O. The Balaban J connectivity index is 2.48. The molecule has 138 valence electrons. The van der Waals surface area contributed by atoms with E-state index in [0.717, 1.165) is 25.8 Å².